The van der Waals surface area contributed by atoms with Gasteiger partial charge in [0.25, 0.3) is 0 Å². The zero-order valence-corrected chi connectivity index (χ0v) is 12.1. The van der Waals surface area contributed by atoms with Gasteiger partial charge in [-0.3, -0.25) is 9.69 Å². The fraction of sp³-hybridized carbons (Fsp3) is 0.750. The standard InChI is InChI=1S/C12H19N3O4S/c1-20-9-4-2-3-7(9)14-12(19)15-6-10(16)13-5-8(15)11(17)18/h7-9H,2-6H2,1H3,(H,13,16)(H,14,19)(H,17,18). The van der Waals surface area contributed by atoms with E-state index in [4.69, 9.17) is 5.11 Å². The minimum atomic E-state index is -1.10. The summed E-state index contributed by atoms with van der Waals surface area (Å²) in [5.41, 5.74) is 0. The van der Waals surface area contributed by atoms with E-state index in [2.05, 4.69) is 10.6 Å². The molecule has 2 aliphatic rings. The minimum Gasteiger partial charge on any atom is -0.480 e. The van der Waals surface area contributed by atoms with Gasteiger partial charge in [0.1, 0.15) is 12.6 Å². The third kappa shape index (κ3) is 3.17. The molecule has 112 valence electrons. The molecule has 1 saturated carbocycles. The summed E-state index contributed by atoms with van der Waals surface area (Å²) < 4.78 is 0. The Morgan fingerprint density at radius 2 is 2.20 bits per heavy atom. The number of piperazine rings is 1. The average Bonchev–Trinajstić information content (AvgIpc) is 2.85. The highest BCUT2D eigenvalue weighted by molar-refractivity contribution is 7.99. The number of carbonyl (C=O) groups is 3. The van der Waals surface area contributed by atoms with Crippen LogP contribution in [0.2, 0.25) is 0 Å². The van der Waals surface area contributed by atoms with Crippen molar-refractivity contribution in [2.75, 3.05) is 19.3 Å². The van der Waals surface area contributed by atoms with Crippen molar-refractivity contribution < 1.29 is 19.5 Å². The number of rotatable bonds is 3. The van der Waals surface area contributed by atoms with Crippen molar-refractivity contribution in [3.05, 3.63) is 0 Å². The van der Waals surface area contributed by atoms with E-state index in [-0.39, 0.29) is 25.0 Å². The van der Waals surface area contributed by atoms with Crippen molar-refractivity contribution in [2.24, 2.45) is 0 Å². The monoisotopic (exact) mass is 301 g/mol. The summed E-state index contributed by atoms with van der Waals surface area (Å²) in [4.78, 5) is 35.9. The number of thioether (sulfide) groups is 1. The number of carboxylic acid groups (broad SMARTS) is 1. The Balaban J connectivity index is 2.01. The molecule has 3 amide bonds. The summed E-state index contributed by atoms with van der Waals surface area (Å²) >= 11 is 1.71. The van der Waals surface area contributed by atoms with E-state index in [9.17, 15) is 14.4 Å². The maximum Gasteiger partial charge on any atom is 0.328 e. The second-order valence-electron chi connectivity index (χ2n) is 5.05. The zero-order valence-electron chi connectivity index (χ0n) is 11.3. The van der Waals surface area contributed by atoms with E-state index in [1.807, 2.05) is 6.26 Å². The SMILES string of the molecule is CSC1CCCC1NC(=O)N1CC(=O)NCC1C(=O)O. The number of hydrogen-bond acceptors (Lipinski definition) is 4. The number of aliphatic carboxylic acids is 1. The first-order valence-corrected chi connectivity index (χ1v) is 7.91. The molecular formula is C12H19N3O4S. The van der Waals surface area contributed by atoms with E-state index in [0.29, 0.717) is 5.25 Å². The van der Waals surface area contributed by atoms with Gasteiger partial charge in [0.2, 0.25) is 5.91 Å². The summed E-state index contributed by atoms with van der Waals surface area (Å²) in [5, 5.41) is 14.8. The van der Waals surface area contributed by atoms with Crippen LogP contribution >= 0.6 is 11.8 Å². The van der Waals surface area contributed by atoms with Crippen LogP contribution in [0.3, 0.4) is 0 Å². The Hall–Kier alpha value is -1.44. The Morgan fingerprint density at radius 3 is 2.85 bits per heavy atom. The number of carboxylic acids is 1. The van der Waals surface area contributed by atoms with Crippen LogP contribution < -0.4 is 10.6 Å². The molecule has 2 fully saturated rings. The second kappa shape index (κ2) is 6.34. The maximum atomic E-state index is 12.2. The molecule has 0 aromatic carbocycles. The smallest absolute Gasteiger partial charge is 0.328 e. The molecule has 0 spiro atoms. The number of carbonyl (C=O) groups excluding carboxylic acids is 2. The summed E-state index contributed by atoms with van der Waals surface area (Å²) in [6.07, 6.45) is 5.01. The summed E-state index contributed by atoms with van der Waals surface area (Å²) in [6, 6.07) is -1.41. The predicted molar refractivity (Wildman–Crippen MR) is 74.6 cm³/mol. The molecule has 8 heteroatoms. The average molecular weight is 301 g/mol. The molecule has 2 rings (SSSR count). The van der Waals surface area contributed by atoms with E-state index in [1.165, 1.54) is 0 Å². The molecule has 3 unspecified atom stereocenters. The molecule has 1 heterocycles. The topological polar surface area (TPSA) is 98.7 Å². The van der Waals surface area contributed by atoms with Crippen LogP contribution in [-0.4, -0.2) is 64.6 Å². The van der Waals surface area contributed by atoms with Crippen LogP contribution in [0.4, 0.5) is 4.79 Å². The molecule has 20 heavy (non-hydrogen) atoms. The van der Waals surface area contributed by atoms with Crippen LogP contribution in [0, 0.1) is 0 Å². The van der Waals surface area contributed by atoms with E-state index >= 15 is 0 Å². The highest BCUT2D eigenvalue weighted by atomic mass is 32.2. The Labute approximate surface area is 121 Å². The van der Waals surface area contributed by atoms with Crippen molar-refractivity contribution >= 4 is 29.7 Å². The first-order chi connectivity index (χ1) is 9.52. The number of amides is 3. The van der Waals surface area contributed by atoms with Crippen LogP contribution in [0.25, 0.3) is 0 Å². The number of urea groups is 1. The first kappa shape index (κ1) is 15.0. The minimum absolute atomic E-state index is 0.0434. The molecule has 3 atom stereocenters. The third-order valence-electron chi connectivity index (χ3n) is 3.79. The molecule has 1 aliphatic carbocycles. The summed E-state index contributed by atoms with van der Waals surface area (Å²) in [5.74, 6) is -1.43. The number of hydrogen-bond donors (Lipinski definition) is 3. The lowest BCUT2D eigenvalue weighted by molar-refractivity contribution is -0.144. The first-order valence-electron chi connectivity index (χ1n) is 6.62. The van der Waals surface area contributed by atoms with Crippen molar-refractivity contribution in [2.45, 2.75) is 36.6 Å². The van der Waals surface area contributed by atoms with Gasteiger partial charge in [0.05, 0.1) is 0 Å². The van der Waals surface area contributed by atoms with Gasteiger partial charge in [-0.05, 0) is 19.1 Å². The Morgan fingerprint density at radius 1 is 1.45 bits per heavy atom. The van der Waals surface area contributed by atoms with Gasteiger partial charge in [-0.2, -0.15) is 11.8 Å². The van der Waals surface area contributed by atoms with Gasteiger partial charge in [-0.15, -0.1) is 0 Å². The van der Waals surface area contributed by atoms with Crippen molar-refractivity contribution in [1.82, 2.24) is 15.5 Å². The summed E-state index contributed by atoms with van der Waals surface area (Å²) in [7, 11) is 0. The van der Waals surface area contributed by atoms with Crippen molar-refractivity contribution in [1.29, 1.82) is 0 Å². The van der Waals surface area contributed by atoms with Crippen LogP contribution in [0.15, 0.2) is 0 Å². The molecule has 0 radical (unpaired) electrons. The quantitative estimate of drug-likeness (QED) is 0.674. The Bertz CT molecular complexity index is 418. The van der Waals surface area contributed by atoms with Gasteiger partial charge in [0.15, 0.2) is 0 Å². The second-order valence-corrected chi connectivity index (χ2v) is 6.12. The molecule has 3 N–H and O–H groups in total. The molecule has 1 saturated heterocycles. The highest BCUT2D eigenvalue weighted by Gasteiger charge is 2.37. The van der Waals surface area contributed by atoms with Crippen LogP contribution in [0.1, 0.15) is 19.3 Å². The van der Waals surface area contributed by atoms with Crippen molar-refractivity contribution in [3.8, 4) is 0 Å². The van der Waals surface area contributed by atoms with Crippen LogP contribution in [0.5, 0.6) is 0 Å². The van der Waals surface area contributed by atoms with Gasteiger partial charge in [-0.25, -0.2) is 9.59 Å². The van der Waals surface area contributed by atoms with Gasteiger partial charge in [-0.1, -0.05) is 6.42 Å². The molecule has 1 aliphatic heterocycles. The lowest BCUT2D eigenvalue weighted by Gasteiger charge is -2.34. The highest BCUT2D eigenvalue weighted by Crippen LogP contribution is 2.28. The van der Waals surface area contributed by atoms with E-state index < -0.39 is 18.0 Å². The van der Waals surface area contributed by atoms with Crippen molar-refractivity contribution in [3.63, 3.8) is 0 Å². The lowest BCUT2D eigenvalue weighted by Crippen LogP contribution is -2.62. The van der Waals surface area contributed by atoms with Gasteiger partial charge < -0.3 is 15.7 Å². The van der Waals surface area contributed by atoms with E-state index in [1.54, 1.807) is 11.8 Å². The molecule has 7 nitrogen and oxygen atoms in total. The zero-order chi connectivity index (χ0) is 14.7. The van der Waals surface area contributed by atoms with Crippen LogP contribution in [-0.2, 0) is 9.59 Å². The third-order valence-corrected chi connectivity index (χ3v) is 4.96. The predicted octanol–water partition coefficient (Wildman–Crippen LogP) is -0.135. The van der Waals surface area contributed by atoms with Gasteiger partial charge >= 0.3 is 12.0 Å². The largest absolute Gasteiger partial charge is 0.480 e. The normalized spacial score (nSPS) is 29.9. The Kier molecular flexibility index (Phi) is 4.74. The fourth-order valence-electron chi connectivity index (χ4n) is 2.69. The van der Waals surface area contributed by atoms with Gasteiger partial charge in [0, 0.05) is 17.8 Å². The number of nitrogens with one attached hydrogen (secondary N) is 2. The summed E-state index contributed by atoms with van der Waals surface area (Å²) in [6.45, 7) is -0.252. The fourth-order valence-corrected chi connectivity index (χ4v) is 3.63. The lowest BCUT2D eigenvalue weighted by atomic mass is 10.2. The maximum absolute atomic E-state index is 12.2. The number of nitrogens with zero attached hydrogens (tertiary/aromatic N) is 1. The molecule has 0 aromatic rings. The van der Waals surface area contributed by atoms with E-state index in [0.717, 1.165) is 24.2 Å². The molecule has 0 aromatic heterocycles. The molecule has 0 bridgehead atoms. The molecular weight excluding hydrogens is 282 g/mol.